The Kier molecular flexibility index (Phi) is 2.54. The van der Waals surface area contributed by atoms with Crippen LogP contribution in [0.1, 0.15) is 6.92 Å². The molecule has 2 nitrogen and oxygen atoms in total. The summed E-state index contributed by atoms with van der Waals surface area (Å²) in [5.41, 5.74) is 0. The summed E-state index contributed by atoms with van der Waals surface area (Å²) >= 11 is 1.53. The van der Waals surface area contributed by atoms with Crippen LogP contribution in [0.4, 0.5) is 0 Å². The Morgan fingerprint density at radius 3 is 2.20 bits per heavy atom. The van der Waals surface area contributed by atoms with Gasteiger partial charge in [0.25, 0.3) is 0 Å². The maximum absolute atomic E-state index is 9.58. The third-order valence-corrected chi connectivity index (χ3v) is 0.729. The van der Waals surface area contributed by atoms with E-state index in [0.29, 0.717) is 0 Å². The highest BCUT2D eigenvalue weighted by molar-refractivity contribution is 14.1. The Balaban J connectivity index is 2.85. The quantitative estimate of drug-likeness (QED) is 0.525. The minimum Gasteiger partial charge on any atom is -0.395 e. The van der Waals surface area contributed by atoms with Crippen LogP contribution in [-0.2, 0) is 7.86 Å². The molecule has 0 aliphatic rings. The number of hydrogen-bond donors (Lipinski definition) is 0. The summed E-state index contributed by atoms with van der Waals surface area (Å²) in [6.07, 6.45) is 0. The van der Waals surface area contributed by atoms with Crippen molar-refractivity contribution in [1.29, 1.82) is 0 Å². The molecule has 0 fully saturated rings. The van der Waals surface area contributed by atoms with Crippen molar-refractivity contribution in [3.8, 4) is 0 Å². The second-order valence-electron chi connectivity index (χ2n) is 0.569. The molecule has 0 aliphatic carbocycles. The van der Waals surface area contributed by atoms with Gasteiger partial charge in [-0.3, -0.25) is 4.79 Å². The van der Waals surface area contributed by atoms with Gasteiger partial charge in [0.2, 0.25) is 0 Å². The SMILES string of the molecule is CC(=O)OI. The largest absolute Gasteiger partial charge is 0.395 e. The summed E-state index contributed by atoms with van der Waals surface area (Å²) in [6, 6.07) is 0. The van der Waals surface area contributed by atoms with Crippen LogP contribution in [0.2, 0.25) is 0 Å². The molecule has 0 heterocycles. The maximum atomic E-state index is 9.58. The standard InChI is InChI=1S/C2H3IO2/c1-2(4)5-3/h1H3. The summed E-state index contributed by atoms with van der Waals surface area (Å²) in [4.78, 5) is 9.58. The van der Waals surface area contributed by atoms with E-state index in [2.05, 4.69) is 3.07 Å². The fourth-order valence-corrected chi connectivity index (χ4v) is 0. The van der Waals surface area contributed by atoms with E-state index < -0.39 is 0 Å². The van der Waals surface area contributed by atoms with Gasteiger partial charge in [0.15, 0.2) is 23.0 Å². The highest BCUT2D eigenvalue weighted by atomic mass is 127. The Bertz CT molecular complexity index is 42.9. The molecule has 0 radical (unpaired) electrons. The molecular weight excluding hydrogens is 183 g/mol. The molecule has 0 amide bonds. The molecule has 30 valence electrons. The minimum absolute atomic E-state index is 0.259. The lowest BCUT2D eigenvalue weighted by Crippen LogP contribution is -1.81. The predicted molar refractivity (Wildman–Crippen MR) is 25.8 cm³/mol. The van der Waals surface area contributed by atoms with E-state index in [-0.39, 0.29) is 5.97 Å². The summed E-state index contributed by atoms with van der Waals surface area (Å²) < 4.78 is 4.08. The number of carbonyl (C=O) groups is 1. The lowest BCUT2D eigenvalue weighted by Gasteiger charge is -1.76. The molecular formula is C2H3IO2. The fraction of sp³-hybridized carbons (Fsp3) is 0.500. The van der Waals surface area contributed by atoms with Gasteiger partial charge < -0.3 is 3.07 Å². The van der Waals surface area contributed by atoms with Gasteiger partial charge in [0.05, 0.1) is 0 Å². The van der Waals surface area contributed by atoms with Crippen LogP contribution < -0.4 is 0 Å². The van der Waals surface area contributed by atoms with E-state index in [1.54, 1.807) is 0 Å². The molecule has 3 heteroatoms. The van der Waals surface area contributed by atoms with Gasteiger partial charge in [-0.1, -0.05) is 0 Å². The van der Waals surface area contributed by atoms with Crippen molar-refractivity contribution in [1.82, 2.24) is 0 Å². The van der Waals surface area contributed by atoms with E-state index in [1.165, 1.54) is 29.9 Å². The third-order valence-electron chi connectivity index (χ3n) is 0.109. The number of rotatable bonds is 0. The Morgan fingerprint density at radius 1 is 2.00 bits per heavy atom. The molecule has 0 atom stereocenters. The van der Waals surface area contributed by atoms with E-state index in [9.17, 15) is 4.79 Å². The van der Waals surface area contributed by atoms with Crippen LogP contribution in [0.25, 0.3) is 0 Å². The zero-order chi connectivity index (χ0) is 4.28. The molecule has 0 saturated heterocycles. The Morgan fingerprint density at radius 2 is 2.20 bits per heavy atom. The number of hydrogen-bond acceptors (Lipinski definition) is 2. The van der Waals surface area contributed by atoms with Crippen LogP contribution in [0, 0.1) is 0 Å². The molecule has 0 aromatic heterocycles. The van der Waals surface area contributed by atoms with Gasteiger partial charge >= 0.3 is 5.97 Å². The van der Waals surface area contributed by atoms with Crippen molar-refractivity contribution in [2.75, 3.05) is 0 Å². The van der Waals surface area contributed by atoms with Crippen LogP contribution >= 0.6 is 23.0 Å². The monoisotopic (exact) mass is 186 g/mol. The first-order valence-electron chi connectivity index (χ1n) is 1.06. The highest BCUT2D eigenvalue weighted by Gasteiger charge is 1.78. The first kappa shape index (κ1) is 5.20. The topological polar surface area (TPSA) is 26.3 Å². The van der Waals surface area contributed by atoms with Crippen molar-refractivity contribution in [2.45, 2.75) is 6.92 Å². The van der Waals surface area contributed by atoms with Crippen LogP contribution in [0.5, 0.6) is 0 Å². The maximum Gasteiger partial charge on any atom is 0.312 e. The van der Waals surface area contributed by atoms with Gasteiger partial charge in [0.1, 0.15) is 0 Å². The summed E-state index contributed by atoms with van der Waals surface area (Å²) in [7, 11) is 0. The average molecular weight is 186 g/mol. The lowest BCUT2D eigenvalue weighted by atomic mass is 10.9. The second-order valence-corrected chi connectivity index (χ2v) is 1.01. The molecule has 0 spiro atoms. The first-order valence-corrected chi connectivity index (χ1v) is 1.94. The number of halogens is 1. The molecule has 0 aromatic carbocycles. The van der Waals surface area contributed by atoms with E-state index in [0.717, 1.165) is 0 Å². The Hall–Kier alpha value is 0.200. The summed E-state index contributed by atoms with van der Waals surface area (Å²) in [5, 5.41) is 0. The van der Waals surface area contributed by atoms with Crippen molar-refractivity contribution in [3.05, 3.63) is 0 Å². The van der Waals surface area contributed by atoms with Gasteiger partial charge in [-0.05, 0) is 0 Å². The number of carbonyl (C=O) groups excluding carboxylic acids is 1. The zero-order valence-electron chi connectivity index (χ0n) is 2.69. The van der Waals surface area contributed by atoms with Crippen LogP contribution in [-0.4, -0.2) is 5.97 Å². The van der Waals surface area contributed by atoms with Crippen LogP contribution in [0.3, 0.4) is 0 Å². The smallest absolute Gasteiger partial charge is 0.312 e. The predicted octanol–water partition coefficient (Wildman–Crippen LogP) is 0.899. The van der Waals surface area contributed by atoms with E-state index in [1.807, 2.05) is 0 Å². The lowest BCUT2D eigenvalue weighted by molar-refractivity contribution is -0.128. The van der Waals surface area contributed by atoms with Crippen molar-refractivity contribution < 1.29 is 7.86 Å². The minimum atomic E-state index is -0.259. The van der Waals surface area contributed by atoms with Gasteiger partial charge in [-0.15, -0.1) is 0 Å². The molecule has 0 aromatic rings. The van der Waals surface area contributed by atoms with Crippen LogP contribution in [0.15, 0.2) is 0 Å². The van der Waals surface area contributed by atoms with Crippen molar-refractivity contribution in [2.24, 2.45) is 0 Å². The Labute approximate surface area is 44.2 Å². The molecule has 5 heavy (non-hydrogen) atoms. The normalized spacial score (nSPS) is 6.80. The molecule has 0 rings (SSSR count). The molecule has 0 aliphatic heterocycles. The molecule has 0 saturated carbocycles. The third kappa shape index (κ3) is 4.20. The molecule has 0 unspecified atom stereocenters. The van der Waals surface area contributed by atoms with E-state index >= 15 is 0 Å². The summed E-state index contributed by atoms with van der Waals surface area (Å²) in [6.45, 7) is 1.35. The second kappa shape index (κ2) is 2.44. The van der Waals surface area contributed by atoms with Gasteiger partial charge in [-0.25, -0.2) is 0 Å². The zero-order valence-corrected chi connectivity index (χ0v) is 4.85. The highest BCUT2D eigenvalue weighted by Crippen LogP contribution is 1.82. The molecule has 0 bridgehead atoms. The van der Waals surface area contributed by atoms with E-state index in [4.69, 9.17) is 0 Å². The fourth-order valence-electron chi connectivity index (χ4n) is 0. The average Bonchev–Trinajstić information content (AvgIpc) is 1.38. The van der Waals surface area contributed by atoms with Gasteiger partial charge in [0, 0.05) is 6.92 Å². The molecule has 0 N–H and O–H groups in total. The van der Waals surface area contributed by atoms with Gasteiger partial charge in [-0.2, -0.15) is 0 Å². The first-order chi connectivity index (χ1) is 2.27. The van der Waals surface area contributed by atoms with Crippen molar-refractivity contribution >= 4 is 29.0 Å². The van der Waals surface area contributed by atoms with Crippen molar-refractivity contribution in [3.63, 3.8) is 0 Å². The summed E-state index contributed by atoms with van der Waals surface area (Å²) in [5.74, 6) is -0.259.